The van der Waals surface area contributed by atoms with Gasteiger partial charge in [0.25, 0.3) is 0 Å². The van der Waals surface area contributed by atoms with E-state index >= 15 is 0 Å². The smallest absolute Gasteiger partial charge is 0.0760 e. The summed E-state index contributed by atoms with van der Waals surface area (Å²) in [6.07, 6.45) is 3.83. The molecule has 0 saturated carbocycles. The summed E-state index contributed by atoms with van der Waals surface area (Å²) in [5.41, 5.74) is 0.883. The number of halogens is 2. The lowest BCUT2D eigenvalue weighted by molar-refractivity contribution is 0.416. The van der Waals surface area contributed by atoms with Crippen LogP contribution in [0.1, 0.15) is 38.4 Å². The fourth-order valence-electron chi connectivity index (χ4n) is 1.62. The Labute approximate surface area is 107 Å². The average Bonchev–Trinajstić information content (AvgIpc) is 2.26. The van der Waals surface area contributed by atoms with E-state index in [0.717, 1.165) is 18.5 Å². The van der Waals surface area contributed by atoms with Crippen LogP contribution in [-0.2, 0) is 0 Å². The van der Waals surface area contributed by atoms with Crippen LogP contribution >= 0.6 is 23.2 Å². The van der Waals surface area contributed by atoms with Gasteiger partial charge in [-0.2, -0.15) is 0 Å². The molecule has 0 bridgehead atoms. The first-order chi connectivity index (χ1) is 7.58. The highest BCUT2D eigenvalue weighted by Crippen LogP contribution is 2.28. The monoisotopic (exact) mass is 260 g/mol. The number of hydrogen-bond acceptors (Lipinski definition) is 2. The second kappa shape index (κ2) is 6.43. The van der Waals surface area contributed by atoms with Crippen molar-refractivity contribution in [3.8, 4) is 0 Å². The summed E-state index contributed by atoms with van der Waals surface area (Å²) < 4.78 is 0. The molecular weight excluding hydrogens is 243 g/mol. The van der Waals surface area contributed by atoms with E-state index < -0.39 is 0 Å². The summed E-state index contributed by atoms with van der Waals surface area (Å²) >= 11 is 12.0. The van der Waals surface area contributed by atoms with Crippen LogP contribution in [0.25, 0.3) is 0 Å². The fraction of sp³-hybridized carbons (Fsp3) is 0.583. The maximum Gasteiger partial charge on any atom is 0.0760 e. The second-order valence-electron chi connectivity index (χ2n) is 4.11. The Morgan fingerprint density at radius 1 is 1.44 bits per heavy atom. The van der Waals surface area contributed by atoms with Crippen molar-refractivity contribution in [3.05, 3.63) is 28.0 Å². The van der Waals surface area contributed by atoms with E-state index in [4.69, 9.17) is 23.2 Å². The van der Waals surface area contributed by atoms with Crippen LogP contribution in [-0.4, -0.2) is 12.0 Å². The second-order valence-corrected chi connectivity index (χ2v) is 4.95. The maximum atomic E-state index is 6.14. The molecule has 0 saturated heterocycles. The summed E-state index contributed by atoms with van der Waals surface area (Å²) in [5.74, 6) is 0.644. The van der Waals surface area contributed by atoms with E-state index in [1.165, 1.54) is 0 Å². The Bertz CT molecular complexity index is 342. The van der Waals surface area contributed by atoms with Crippen LogP contribution < -0.4 is 5.32 Å². The minimum Gasteiger partial charge on any atom is -0.312 e. The van der Waals surface area contributed by atoms with Gasteiger partial charge in [0.2, 0.25) is 0 Å². The van der Waals surface area contributed by atoms with Crippen molar-refractivity contribution in [2.45, 2.75) is 32.7 Å². The predicted octanol–water partition coefficient (Wildman–Crippen LogP) is 4.09. The first kappa shape index (κ1) is 13.8. The summed E-state index contributed by atoms with van der Waals surface area (Å²) in [6, 6.07) is 1.94. The van der Waals surface area contributed by atoms with Crippen molar-refractivity contribution in [2.75, 3.05) is 7.05 Å². The quantitative estimate of drug-likeness (QED) is 0.863. The Balaban J connectivity index is 2.86. The van der Waals surface area contributed by atoms with Crippen molar-refractivity contribution >= 4 is 23.2 Å². The molecule has 1 aromatic heterocycles. The highest BCUT2D eigenvalue weighted by molar-refractivity contribution is 6.34. The molecule has 1 heterocycles. The Kier molecular flexibility index (Phi) is 5.53. The van der Waals surface area contributed by atoms with Gasteiger partial charge < -0.3 is 5.32 Å². The van der Waals surface area contributed by atoms with E-state index in [2.05, 4.69) is 24.1 Å². The normalized spacial score (nSPS) is 14.8. The SMILES string of the molecule is CCC(C)CC(NC)c1ncc(Cl)cc1Cl. The standard InChI is InChI=1S/C12H18Cl2N2/c1-4-8(2)5-11(15-3)12-10(14)6-9(13)7-16-12/h6-8,11,15H,4-5H2,1-3H3. The molecule has 1 N–H and O–H groups in total. The van der Waals surface area contributed by atoms with Gasteiger partial charge >= 0.3 is 0 Å². The first-order valence-electron chi connectivity index (χ1n) is 5.56. The zero-order valence-electron chi connectivity index (χ0n) is 9.93. The molecule has 16 heavy (non-hydrogen) atoms. The molecule has 0 aliphatic heterocycles. The molecule has 90 valence electrons. The number of pyridine rings is 1. The molecule has 2 unspecified atom stereocenters. The lowest BCUT2D eigenvalue weighted by Crippen LogP contribution is -2.20. The van der Waals surface area contributed by atoms with Crippen LogP contribution in [0.5, 0.6) is 0 Å². The van der Waals surface area contributed by atoms with Crippen LogP contribution in [0.15, 0.2) is 12.3 Å². The third-order valence-electron chi connectivity index (χ3n) is 2.85. The van der Waals surface area contributed by atoms with E-state index in [1.807, 2.05) is 7.05 Å². The molecule has 0 fully saturated rings. The largest absolute Gasteiger partial charge is 0.312 e. The molecule has 1 rings (SSSR count). The van der Waals surface area contributed by atoms with Gasteiger partial charge in [-0.25, -0.2) is 0 Å². The molecule has 0 amide bonds. The third kappa shape index (κ3) is 3.62. The van der Waals surface area contributed by atoms with Gasteiger partial charge in [0.15, 0.2) is 0 Å². The van der Waals surface area contributed by atoms with Crippen molar-refractivity contribution in [1.29, 1.82) is 0 Å². The molecule has 2 nitrogen and oxygen atoms in total. The van der Waals surface area contributed by atoms with E-state index in [-0.39, 0.29) is 6.04 Å². The first-order valence-corrected chi connectivity index (χ1v) is 6.32. The summed E-state index contributed by atoms with van der Waals surface area (Å²) in [6.45, 7) is 4.42. The minimum atomic E-state index is 0.194. The molecule has 0 aliphatic carbocycles. The lowest BCUT2D eigenvalue weighted by atomic mass is 9.97. The Morgan fingerprint density at radius 3 is 2.62 bits per heavy atom. The summed E-state index contributed by atoms with van der Waals surface area (Å²) in [4.78, 5) is 4.31. The van der Waals surface area contributed by atoms with E-state index in [1.54, 1.807) is 12.3 Å². The van der Waals surface area contributed by atoms with Gasteiger partial charge in [0, 0.05) is 6.20 Å². The molecular formula is C12H18Cl2N2. The van der Waals surface area contributed by atoms with Crippen molar-refractivity contribution < 1.29 is 0 Å². The highest BCUT2D eigenvalue weighted by atomic mass is 35.5. The fourth-order valence-corrected chi connectivity index (χ4v) is 2.13. The summed E-state index contributed by atoms with van der Waals surface area (Å²) in [7, 11) is 1.93. The van der Waals surface area contributed by atoms with Gasteiger partial charge in [0.05, 0.1) is 21.8 Å². The van der Waals surface area contributed by atoms with Crippen LogP contribution in [0.3, 0.4) is 0 Å². The van der Waals surface area contributed by atoms with E-state index in [0.29, 0.717) is 16.0 Å². The van der Waals surface area contributed by atoms with E-state index in [9.17, 15) is 0 Å². The van der Waals surface area contributed by atoms with Crippen LogP contribution in [0, 0.1) is 5.92 Å². The molecule has 4 heteroatoms. The van der Waals surface area contributed by atoms with Crippen LogP contribution in [0.2, 0.25) is 10.0 Å². The topological polar surface area (TPSA) is 24.9 Å². The number of nitrogens with one attached hydrogen (secondary N) is 1. The molecule has 2 atom stereocenters. The minimum absolute atomic E-state index is 0.194. The zero-order valence-corrected chi connectivity index (χ0v) is 11.4. The van der Waals surface area contributed by atoms with Gasteiger partial charge in [0.1, 0.15) is 0 Å². The number of rotatable bonds is 5. The van der Waals surface area contributed by atoms with Gasteiger partial charge in [-0.15, -0.1) is 0 Å². The molecule has 0 radical (unpaired) electrons. The lowest BCUT2D eigenvalue weighted by Gasteiger charge is -2.20. The molecule has 0 aliphatic rings. The zero-order chi connectivity index (χ0) is 12.1. The molecule has 0 spiro atoms. The number of nitrogens with zero attached hydrogens (tertiary/aromatic N) is 1. The Hall–Kier alpha value is -0.310. The summed E-state index contributed by atoms with van der Waals surface area (Å²) in [5, 5.41) is 4.46. The van der Waals surface area contributed by atoms with Crippen molar-refractivity contribution in [1.82, 2.24) is 10.3 Å². The van der Waals surface area contributed by atoms with Crippen molar-refractivity contribution in [2.24, 2.45) is 5.92 Å². The Morgan fingerprint density at radius 2 is 2.12 bits per heavy atom. The highest BCUT2D eigenvalue weighted by Gasteiger charge is 2.17. The van der Waals surface area contributed by atoms with Gasteiger partial charge in [-0.05, 0) is 25.5 Å². The molecule has 1 aromatic rings. The predicted molar refractivity (Wildman–Crippen MR) is 70.1 cm³/mol. The van der Waals surface area contributed by atoms with Crippen molar-refractivity contribution in [3.63, 3.8) is 0 Å². The van der Waals surface area contributed by atoms with Gasteiger partial charge in [-0.3, -0.25) is 4.98 Å². The number of hydrogen-bond donors (Lipinski definition) is 1. The molecule has 0 aromatic carbocycles. The number of aromatic nitrogens is 1. The maximum absolute atomic E-state index is 6.14. The van der Waals surface area contributed by atoms with Crippen LogP contribution in [0.4, 0.5) is 0 Å². The average molecular weight is 261 g/mol. The third-order valence-corrected chi connectivity index (χ3v) is 3.36. The van der Waals surface area contributed by atoms with Gasteiger partial charge in [-0.1, -0.05) is 43.5 Å².